The Balaban J connectivity index is 2.64. The van der Waals surface area contributed by atoms with E-state index in [2.05, 4.69) is 75.5 Å². The SMILES string of the molecule is C/C=C\C=C1/NC(C)(C)C(C)(C)c2ccccc21. The van der Waals surface area contributed by atoms with Crippen LogP contribution in [0.4, 0.5) is 0 Å². The molecule has 1 aromatic carbocycles. The summed E-state index contributed by atoms with van der Waals surface area (Å²) in [5, 5.41) is 3.68. The summed E-state index contributed by atoms with van der Waals surface area (Å²) < 4.78 is 0. The van der Waals surface area contributed by atoms with Crippen molar-refractivity contribution >= 4 is 5.70 Å². The molecule has 0 amide bonds. The molecule has 2 rings (SSSR count). The largest absolute Gasteiger partial charge is 0.379 e. The number of rotatable bonds is 1. The molecule has 0 spiro atoms. The Bertz CT molecular complexity index is 504. The van der Waals surface area contributed by atoms with E-state index in [4.69, 9.17) is 0 Å². The molecular weight excluding hydrogens is 218 g/mol. The summed E-state index contributed by atoms with van der Waals surface area (Å²) in [4.78, 5) is 0. The lowest BCUT2D eigenvalue weighted by Gasteiger charge is -2.49. The van der Waals surface area contributed by atoms with E-state index < -0.39 is 0 Å². The second kappa shape index (κ2) is 4.31. The number of hydrogen-bond donors (Lipinski definition) is 1. The van der Waals surface area contributed by atoms with Crippen LogP contribution in [-0.2, 0) is 5.41 Å². The Morgan fingerprint density at radius 2 is 1.72 bits per heavy atom. The van der Waals surface area contributed by atoms with E-state index in [0.717, 1.165) is 0 Å². The second-order valence-corrected chi connectivity index (χ2v) is 6.03. The zero-order valence-corrected chi connectivity index (χ0v) is 12.0. The first-order valence-electron chi connectivity index (χ1n) is 6.61. The highest BCUT2D eigenvalue weighted by molar-refractivity contribution is 5.72. The average Bonchev–Trinajstić information content (AvgIpc) is 2.33. The zero-order chi connectivity index (χ0) is 13.4. The van der Waals surface area contributed by atoms with Gasteiger partial charge in [-0.25, -0.2) is 0 Å². The Morgan fingerprint density at radius 1 is 1.06 bits per heavy atom. The molecule has 18 heavy (non-hydrogen) atoms. The molecule has 1 N–H and O–H groups in total. The van der Waals surface area contributed by atoms with Crippen molar-refractivity contribution in [2.45, 2.75) is 45.6 Å². The van der Waals surface area contributed by atoms with E-state index in [1.54, 1.807) is 0 Å². The maximum Gasteiger partial charge on any atom is 0.0421 e. The fourth-order valence-electron chi connectivity index (χ4n) is 2.48. The summed E-state index contributed by atoms with van der Waals surface area (Å²) in [5.41, 5.74) is 4.10. The highest BCUT2D eigenvalue weighted by Crippen LogP contribution is 2.43. The van der Waals surface area contributed by atoms with E-state index in [1.807, 2.05) is 6.92 Å². The van der Waals surface area contributed by atoms with Crippen LogP contribution < -0.4 is 5.32 Å². The van der Waals surface area contributed by atoms with Gasteiger partial charge in [-0.2, -0.15) is 0 Å². The van der Waals surface area contributed by atoms with Gasteiger partial charge in [0.05, 0.1) is 0 Å². The highest BCUT2D eigenvalue weighted by Gasteiger charge is 2.43. The number of fused-ring (bicyclic) bond motifs is 1. The predicted molar refractivity (Wildman–Crippen MR) is 79.5 cm³/mol. The van der Waals surface area contributed by atoms with E-state index in [1.165, 1.54) is 16.8 Å². The van der Waals surface area contributed by atoms with Crippen LogP contribution in [0.15, 0.2) is 42.5 Å². The Morgan fingerprint density at radius 3 is 2.39 bits per heavy atom. The maximum atomic E-state index is 3.68. The van der Waals surface area contributed by atoms with Crippen molar-refractivity contribution in [2.24, 2.45) is 0 Å². The number of nitrogens with one attached hydrogen (secondary N) is 1. The van der Waals surface area contributed by atoms with Crippen LogP contribution in [0.3, 0.4) is 0 Å². The van der Waals surface area contributed by atoms with E-state index >= 15 is 0 Å². The van der Waals surface area contributed by atoms with Crippen molar-refractivity contribution < 1.29 is 0 Å². The molecule has 0 saturated heterocycles. The molecule has 0 radical (unpaired) electrons. The molecule has 1 aliphatic rings. The quantitative estimate of drug-likeness (QED) is 0.774. The third kappa shape index (κ3) is 1.88. The van der Waals surface area contributed by atoms with E-state index in [9.17, 15) is 0 Å². The molecule has 1 nitrogen and oxygen atoms in total. The second-order valence-electron chi connectivity index (χ2n) is 6.03. The number of hydrogen-bond acceptors (Lipinski definition) is 1. The van der Waals surface area contributed by atoms with E-state index in [0.29, 0.717) is 0 Å². The van der Waals surface area contributed by atoms with Gasteiger partial charge in [0.25, 0.3) is 0 Å². The molecule has 1 aliphatic heterocycles. The average molecular weight is 241 g/mol. The minimum absolute atomic E-state index is 0.0365. The third-order valence-corrected chi connectivity index (χ3v) is 4.36. The van der Waals surface area contributed by atoms with Gasteiger partial charge in [-0.05, 0) is 32.4 Å². The zero-order valence-electron chi connectivity index (χ0n) is 12.0. The summed E-state index contributed by atoms with van der Waals surface area (Å²) in [7, 11) is 0. The summed E-state index contributed by atoms with van der Waals surface area (Å²) in [6.45, 7) is 11.2. The molecular formula is C17H23N. The van der Waals surface area contributed by atoms with Gasteiger partial charge in [0.15, 0.2) is 0 Å². The molecule has 0 bridgehead atoms. The summed E-state index contributed by atoms with van der Waals surface area (Å²) in [5.74, 6) is 0. The minimum Gasteiger partial charge on any atom is -0.379 e. The molecule has 0 aliphatic carbocycles. The molecule has 1 aromatic rings. The van der Waals surface area contributed by atoms with Gasteiger partial charge in [-0.15, -0.1) is 0 Å². The number of allylic oxidation sites excluding steroid dienone is 3. The lowest BCUT2D eigenvalue weighted by Crippen LogP contribution is -2.56. The molecule has 96 valence electrons. The first-order chi connectivity index (χ1) is 8.40. The van der Waals surface area contributed by atoms with Crippen LogP contribution in [0.5, 0.6) is 0 Å². The molecule has 1 heterocycles. The van der Waals surface area contributed by atoms with Gasteiger partial charge >= 0.3 is 0 Å². The van der Waals surface area contributed by atoms with Gasteiger partial charge in [0.2, 0.25) is 0 Å². The topological polar surface area (TPSA) is 12.0 Å². The van der Waals surface area contributed by atoms with Gasteiger partial charge in [-0.3, -0.25) is 0 Å². The van der Waals surface area contributed by atoms with Crippen LogP contribution in [-0.4, -0.2) is 5.54 Å². The third-order valence-electron chi connectivity index (χ3n) is 4.36. The lowest BCUT2D eigenvalue weighted by molar-refractivity contribution is 0.259. The van der Waals surface area contributed by atoms with E-state index in [-0.39, 0.29) is 11.0 Å². The maximum absolute atomic E-state index is 3.68. The lowest BCUT2D eigenvalue weighted by atomic mass is 9.65. The fraction of sp³-hybridized carbons (Fsp3) is 0.412. The summed E-state index contributed by atoms with van der Waals surface area (Å²) in [6, 6.07) is 8.70. The van der Waals surface area contributed by atoms with Crippen molar-refractivity contribution in [3.8, 4) is 0 Å². The molecule has 0 atom stereocenters. The van der Waals surface area contributed by atoms with Crippen molar-refractivity contribution in [1.29, 1.82) is 0 Å². The van der Waals surface area contributed by atoms with Gasteiger partial charge in [0, 0.05) is 22.2 Å². The molecule has 0 aromatic heterocycles. The predicted octanol–water partition coefficient (Wildman–Crippen LogP) is 4.26. The fourth-order valence-corrected chi connectivity index (χ4v) is 2.48. The molecule has 0 unspecified atom stereocenters. The monoisotopic (exact) mass is 241 g/mol. The highest BCUT2D eigenvalue weighted by atomic mass is 15.0. The van der Waals surface area contributed by atoms with Gasteiger partial charge < -0.3 is 5.32 Å². The van der Waals surface area contributed by atoms with Gasteiger partial charge in [-0.1, -0.05) is 50.3 Å². The number of benzene rings is 1. The molecule has 0 saturated carbocycles. The smallest absolute Gasteiger partial charge is 0.0421 e. The van der Waals surface area contributed by atoms with Crippen molar-refractivity contribution in [3.05, 3.63) is 53.6 Å². The van der Waals surface area contributed by atoms with Crippen LogP contribution in [0.25, 0.3) is 5.70 Å². The van der Waals surface area contributed by atoms with Crippen LogP contribution in [0.1, 0.15) is 45.7 Å². The summed E-state index contributed by atoms with van der Waals surface area (Å²) >= 11 is 0. The van der Waals surface area contributed by atoms with Crippen molar-refractivity contribution in [1.82, 2.24) is 5.32 Å². The van der Waals surface area contributed by atoms with Crippen molar-refractivity contribution in [2.75, 3.05) is 0 Å². The normalized spacial score (nSPS) is 22.8. The van der Waals surface area contributed by atoms with Gasteiger partial charge in [0.1, 0.15) is 0 Å². The van der Waals surface area contributed by atoms with Crippen LogP contribution >= 0.6 is 0 Å². The minimum atomic E-state index is 0.0365. The first kappa shape index (κ1) is 12.9. The summed E-state index contributed by atoms with van der Waals surface area (Å²) in [6.07, 6.45) is 6.31. The van der Waals surface area contributed by atoms with Crippen LogP contribution in [0.2, 0.25) is 0 Å². The Kier molecular flexibility index (Phi) is 3.10. The molecule has 0 fully saturated rings. The Labute approximate surface area is 111 Å². The molecule has 1 heteroatoms. The first-order valence-corrected chi connectivity index (χ1v) is 6.61. The standard InChI is InChI=1S/C17H23N/c1-6-7-12-15-13-10-8-9-11-14(13)16(2,3)17(4,5)18-15/h6-12,18H,1-5H3/b7-6-,15-12-. The van der Waals surface area contributed by atoms with Crippen molar-refractivity contribution in [3.63, 3.8) is 0 Å². The Hall–Kier alpha value is -1.50. The van der Waals surface area contributed by atoms with Crippen LogP contribution in [0, 0.1) is 0 Å².